The molecule has 1 amide bonds. The molecule has 208 valence electrons. The van der Waals surface area contributed by atoms with E-state index in [1.807, 2.05) is 60.5 Å². The Labute approximate surface area is 239 Å². The fraction of sp³-hybridized carbons (Fsp3) is 0.516. The Morgan fingerprint density at radius 2 is 1.79 bits per heavy atom. The van der Waals surface area contributed by atoms with Crippen molar-refractivity contribution in [1.82, 2.24) is 9.80 Å². The molecule has 39 heavy (non-hydrogen) atoms. The second-order valence-electron chi connectivity index (χ2n) is 11.1. The minimum atomic E-state index is 0. The second kappa shape index (κ2) is 13.3. The van der Waals surface area contributed by atoms with Gasteiger partial charge in [-0.05, 0) is 74.8 Å². The van der Waals surface area contributed by atoms with E-state index in [2.05, 4.69) is 11.0 Å². The van der Waals surface area contributed by atoms with Crippen molar-refractivity contribution in [3.63, 3.8) is 0 Å². The number of fused-ring (bicyclic) bond motifs is 1. The molecule has 2 aromatic rings. The van der Waals surface area contributed by atoms with Crippen molar-refractivity contribution in [1.29, 1.82) is 5.26 Å². The number of para-hydroxylation sites is 1. The van der Waals surface area contributed by atoms with Crippen molar-refractivity contribution in [3.8, 4) is 17.6 Å². The van der Waals surface area contributed by atoms with Crippen LogP contribution in [0.2, 0.25) is 0 Å². The first kappa shape index (κ1) is 28.8. The van der Waals surface area contributed by atoms with Crippen LogP contribution in [0.1, 0.15) is 69.8 Å². The van der Waals surface area contributed by atoms with E-state index < -0.39 is 0 Å². The highest BCUT2D eigenvalue weighted by Gasteiger charge is 2.36. The second-order valence-corrected chi connectivity index (χ2v) is 11.1. The normalized spacial score (nSPS) is 21.9. The first-order chi connectivity index (χ1) is 18.5. The lowest BCUT2D eigenvalue weighted by Crippen LogP contribution is -2.51. The Morgan fingerprint density at radius 1 is 1.08 bits per heavy atom. The van der Waals surface area contributed by atoms with Crippen LogP contribution in [0.25, 0.3) is 0 Å². The van der Waals surface area contributed by atoms with Crippen molar-refractivity contribution in [2.24, 2.45) is 22.6 Å². The SMILES string of the molecule is CN(C(=O)C[C@@H](C1CCCCC1)N1Cc2cc(Oc3ccccc3)ccc2N=C1N)C1CCC(C#N)CC1.S. The number of hydrogen-bond acceptors (Lipinski definition) is 6. The van der Waals surface area contributed by atoms with E-state index in [4.69, 9.17) is 15.5 Å². The van der Waals surface area contributed by atoms with Gasteiger partial charge in [0.15, 0.2) is 5.96 Å². The van der Waals surface area contributed by atoms with Gasteiger partial charge in [-0.15, -0.1) is 0 Å². The van der Waals surface area contributed by atoms with Crippen molar-refractivity contribution in [3.05, 3.63) is 54.1 Å². The average Bonchev–Trinajstić information content (AvgIpc) is 2.96. The third-order valence-corrected chi connectivity index (χ3v) is 8.70. The number of nitriles is 1. The molecule has 0 aromatic heterocycles. The quantitative estimate of drug-likeness (QED) is 0.443. The first-order valence-corrected chi connectivity index (χ1v) is 14.1. The van der Waals surface area contributed by atoms with Gasteiger partial charge in [-0.3, -0.25) is 4.79 Å². The molecule has 0 unspecified atom stereocenters. The van der Waals surface area contributed by atoms with Gasteiger partial charge in [0.25, 0.3) is 0 Å². The van der Waals surface area contributed by atoms with Crippen LogP contribution in [0.4, 0.5) is 5.69 Å². The van der Waals surface area contributed by atoms with Crippen LogP contribution in [0.3, 0.4) is 0 Å². The number of rotatable bonds is 7. The van der Waals surface area contributed by atoms with E-state index in [0.29, 0.717) is 24.8 Å². The molecule has 3 aliphatic rings. The van der Waals surface area contributed by atoms with Crippen LogP contribution in [0.15, 0.2) is 53.5 Å². The van der Waals surface area contributed by atoms with Gasteiger partial charge in [-0.2, -0.15) is 18.8 Å². The molecule has 1 aliphatic heterocycles. The number of nitrogens with zero attached hydrogens (tertiary/aromatic N) is 4. The van der Waals surface area contributed by atoms with Gasteiger partial charge < -0.3 is 20.3 Å². The van der Waals surface area contributed by atoms with Crippen LogP contribution in [-0.2, 0) is 11.3 Å². The number of ether oxygens (including phenoxy) is 1. The standard InChI is InChI=1S/C31H39N5O2.H2S/c1-35(25-14-12-22(20-32)13-15-25)30(37)19-29(23-8-4-2-5-9-23)36-21-24-18-27(16-17-28(24)34-31(36)33)38-26-10-6-3-7-11-26;/h3,6-7,10-11,16-18,22-23,25,29H,2,4-5,8-9,12-15,19,21H2,1H3,(H2,33,34);1H2/t22?,25?,29-;/m0./s1. The lowest BCUT2D eigenvalue weighted by atomic mass is 9.81. The maximum absolute atomic E-state index is 13.6. The summed E-state index contributed by atoms with van der Waals surface area (Å²) < 4.78 is 6.08. The highest BCUT2D eigenvalue weighted by Crippen LogP contribution is 2.37. The maximum atomic E-state index is 13.6. The molecule has 2 N–H and O–H groups in total. The minimum absolute atomic E-state index is 0. The summed E-state index contributed by atoms with van der Waals surface area (Å²) in [5.41, 5.74) is 8.50. The molecule has 2 saturated carbocycles. The number of amides is 1. The summed E-state index contributed by atoms with van der Waals surface area (Å²) in [5, 5.41) is 9.25. The smallest absolute Gasteiger partial charge is 0.224 e. The number of guanidine groups is 1. The zero-order valence-corrected chi connectivity index (χ0v) is 23.9. The van der Waals surface area contributed by atoms with Gasteiger partial charge >= 0.3 is 0 Å². The molecular formula is C31H41N5O2S. The molecule has 0 radical (unpaired) electrons. The predicted octanol–water partition coefficient (Wildman–Crippen LogP) is 6.23. The fourth-order valence-electron chi connectivity index (χ4n) is 6.39. The third-order valence-electron chi connectivity index (χ3n) is 8.70. The summed E-state index contributed by atoms with van der Waals surface area (Å²) in [6, 6.07) is 18.3. The molecule has 1 atom stereocenters. The van der Waals surface area contributed by atoms with Crippen LogP contribution in [0, 0.1) is 23.2 Å². The molecule has 1 heterocycles. The number of nitrogens with two attached hydrogens (primary N) is 1. The highest BCUT2D eigenvalue weighted by molar-refractivity contribution is 7.59. The Kier molecular flexibility index (Phi) is 9.79. The van der Waals surface area contributed by atoms with E-state index in [9.17, 15) is 10.1 Å². The van der Waals surface area contributed by atoms with Gasteiger partial charge in [0, 0.05) is 43.6 Å². The third kappa shape index (κ3) is 6.88. The van der Waals surface area contributed by atoms with Crippen LogP contribution in [-0.4, -0.2) is 40.8 Å². The van der Waals surface area contributed by atoms with Crippen molar-refractivity contribution in [2.75, 3.05) is 7.05 Å². The fourth-order valence-corrected chi connectivity index (χ4v) is 6.39. The summed E-state index contributed by atoms with van der Waals surface area (Å²) in [7, 11) is 1.94. The van der Waals surface area contributed by atoms with Gasteiger partial charge in [0.05, 0.1) is 11.8 Å². The average molecular weight is 548 g/mol. The first-order valence-electron chi connectivity index (χ1n) is 14.1. The zero-order valence-electron chi connectivity index (χ0n) is 22.9. The van der Waals surface area contributed by atoms with Crippen LogP contribution in [0.5, 0.6) is 11.5 Å². The summed E-state index contributed by atoms with van der Waals surface area (Å²) in [5.74, 6) is 2.76. The summed E-state index contributed by atoms with van der Waals surface area (Å²) >= 11 is 0. The van der Waals surface area contributed by atoms with Gasteiger partial charge in [0.1, 0.15) is 11.5 Å². The van der Waals surface area contributed by atoms with Crippen molar-refractivity contribution < 1.29 is 9.53 Å². The molecule has 0 saturated heterocycles. The molecule has 2 aromatic carbocycles. The monoisotopic (exact) mass is 547 g/mol. The Balaban J connectivity index is 0.00000353. The van der Waals surface area contributed by atoms with Crippen molar-refractivity contribution >= 4 is 31.0 Å². The van der Waals surface area contributed by atoms with E-state index in [1.54, 1.807) is 0 Å². The number of hydrogen-bond donors (Lipinski definition) is 1. The molecule has 0 bridgehead atoms. The molecule has 0 spiro atoms. The van der Waals surface area contributed by atoms with Gasteiger partial charge in [-0.25, -0.2) is 4.99 Å². The van der Waals surface area contributed by atoms with E-state index in [0.717, 1.165) is 61.3 Å². The Morgan fingerprint density at radius 3 is 2.49 bits per heavy atom. The highest BCUT2D eigenvalue weighted by atomic mass is 32.1. The zero-order chi connectivity index (χ0) is 26.5. The topological polar surface area (TPSA) is 94.9 Å². The summed E-state index contributed by atoms with van der Waals surface area (Å²) in [4.78, 5) is 22.5. The van der Waals surface area contributed by atoms with E-state index in [-0.39, 0.29) is 37.4 Å². The van der Waals surface area contributed by atoms with Crippen LogP contribution >= 0.6 is 13.5 Å². The number of carbonyl (C=O) groups excluding carboxylic acids is 1. The molecule has 2 aliphatic carbocycles. The predicted molar refractivity (Wildman–Crippen MR) is 159 cm³/mol. The molecule has 5 rings (SSSR count). The number of aliphatic imine (C=N–C) groups is 1. The minimum Gasteiger partial charge on any atom is -0.457 e. The van der Waals surface area contributed by atoms with E-state index >= 15 is 0 Å². The van der Waals surface area contributed by atoms with E-state index in [1.165, 1.54) is 19.3 Å². The maximum Gasteiger partial charge on any atom is 0.224 e. The van der Waals surface area contributed by atoms with Crippen LogP contribution < -0.4 is 10.5 Å². The largest absolute Gasteiger partial charge is 0.457 e. The Bertz CT molecular complexity index is 1180. The summed E-state index contributed by atoms with van der Waals surface area (Å²) in [6.45, 7) is 0.613. The number of carbonyl (C=O) groups is 1. The Hall–Kier alpha value is -3.18. The lowest BCUT2D eigenvalue weighted by molar-refractivity contribution is -0.134. The molecule has 2 fully saturated rings. The summed E-state index contributed by atoms with van der Waals surface area (Å²) in [6.07, 6.45) is 9.86. The molecule has 7 nitrogen and oxygen atoms in total. The molecular weight excluding hydrogens is 506 g/mol. The number of benzene rings is 2. The molecule has 8 heteroatoms. The van der Waals surface area contributed by atoms with Gasteiger partial charge in [-0.1, -0.05) is 37.5 Å². The van der Waals surface area contributed by atoms with Crippen molar-refractivity contribution in [2.45, 2.75) is 82.8 Å². The van der Waals surface area contributed by atoms with Gasteiger partial charge in [0.2, 0.25) is 5.91 Å². The lowest BCUT2D eigenvalue weighted by Gasteiger charge is -2.42.